The first-order valence-electron chi connectivity index (χ1n) is 4.92. The van der Waals surface area contributed by atoms with E-state index in [1.54, 1.807) is 12.1 Å². The molecule has 0 atom stereocenters. The van der Waals surface area contributed by atoms with Crippen LogP contribution in [0.4, 0.5) is 5.88 Å². The van der Waals surface area contributed by atoms with Crippen LogP contribution in [0.3, 0.4) is 0 Å². The summed E-state index contributed by atoms with van der Waals surface area (Å²) >= 11 is 0. The normalized spacial score (nSPS) is 17.0. The van der Waals surface area contributed by atoms with Crippen molar-refractivity contribution in [1.29, 1.82) is 0 Å². The number of likely N-dealkylation sites (tertiary alicyclic amines) is 1. The third-order valence-electron chi connectivity index (χ3n) is 2.48. The highest BCUT2D eigenvalue weighted by molar-refractivity contribution is 5.91. The second kappa shape index (κ2) is 3.74. The van der Waals surface area contributed by atoms with Gasteiger partial charge in [-0.1, -0.05) is 0 Å². The highest BCUT2D eigenvalue weighted by Crippen LogP contribution is 2.15. The highest BCUT2D eigenvalue weighted by atomic mass is 16.4. The van der Waals surface area contributed by atoms with Crippen molar-refractivity contribution in [2.75, 3.05) is 18.8 Å². The Hall–Kier alpha value is -1.45. The van der Waals surface area contributed by atoms with E-state index in [4.69, 9.17) is 10.2 Å². The molecule has 2 rings (SSSR count). The Morgan fingerprint density at radius 1 is 1.29 bits per heavy atom. The molecule has 4 nitrogen and oxygen atoms in total. The molecule has 1 fully saturated rings. The fourth-order valence-corrected chi connectivity index (χ4v) is 1.72. The molecule has 1 aliphatic rings. The van der Waals surface area contributed by atoms with Crippen molar-refractivity contribution in [3.63, 3.8) is 0 Å². The molecule has 1 amide bonds. The van der Waals surface area contributed by atoms with Crippen LogP contribution in [0.15, 0.2) is 16.5 Å². The lowest BCUT2D eigenvalue weighted by molar-refractivity contribution is 0.0693. The third-order valence-corrected chi connectivity index (χ3v) is 2.48. The molecular weight excluding hydrogens is 180 g/mol. The van der Waals surface area contributed by atoms with Gasteiger partial charge < -0.3 is 15.1 Å². The van der Waals surface area contributed by atoms with Crippen molar-refractivity contribution in [1.82, 2.24) is 4.90 Å². The van der Waals surface area contributed by atoms with Crippen molar-refractivity contribution in [2.45, 2.75) is 19.3 Å². The van der Waals surface area contributed by atoms with Gasteiger partial charge in [0.25, 0.3) is 5.91 Å². The van der Waals surface area contributed by atoms with Crippen molar-refractivity contribution in [3.8, 4) is 0 Å². The Labute approximate surface area is 82.7 Å². The summed E-state index contributed by atoms with van der Waals surface area (Å²) in [6.07, 6.45) is 3.38. The second-order valence-electron chi connectivity index (χ2n) is 3.55. The summed E-state index contributed by atoms with van der Waals surface area (Å²) in [6, 6.07) is 3.24. The maximum absolute atomic E-state index is 11.8. The molecule has 2 heterocycles. The van der Waals surface area contributed by atoms with Gasteiger partial charge >= 0.3 is 0 Å². The summed E-state index contributed by atoms with van der Waals surface area (Å²) in [5.74, 6) is 0.608. The van der Waals surface area contributed by atoms with E-state index >= 15 is 0 Å². The van der Waals surface area contributed by atoms with E-state index < -0.39 is 0 Å². The predicted molar refractivity (Wildman–Crippen MR) is 52.9 cm³/mol. The van der Waals surface area contributed by atoms with Crippen LogP contribution >= 0.6 is 0 Å². The first kappa shape index (κ1) is 9.12. The van der Waals surface area contributed by atoms with Crippen LogP contribution in [0.1, 0.15) is 29.8 Å². The van der Waals surface area contributed by atoms with Crippen LogP contribution in [0, 0.1) is 0 Å². The molecule has 0 aromatic carbocycles. The van der Waals surface area contributed by atoms with Gasteiger partial charge in [-0.3, -0.25) is 4.79 Å². The Morgan fingerprint density at radius 2 is 2.00 bits per heavy atom. The van der Waals surface area contributed by atoms with E-state index in [1.807, 2.05) is 4.90 Å². The quantitative estimate of drug-likeness (QED) is 0.736. The Kier molecular flexibility index (Phi) is 2.43. The molecular formula is C10H14N2O2. The zero-order chi connectivity index (χ0) is 9.97. The smallest absolute Gasteiger partial charge is 0.289 e. The van der Waals surface area contributed by atoms with Crippen LogP contribution in [0.25, 0.3) is 0 Å². The molecule has 14 heavy (non-hydrogen) atoms. The van der Waals surface area contributed by atoms with Gasteiger partial charge in [-0.05, 0) is 25.3 Å². The molecule has 0 radical (unpaired) electrons. The van der Waals surface area contributed by atoms with Crippen LogP contribution in [0.5, 0.6) is 0 Å². The second-order valence-corrected chi connectivity index (χ2v) is 3.55. The summed E-state index contributed by atoms with van der Waals surface area (Å²) in [5.41, 5.74) is 5.41. The zero-order valence-electron chi connectivity index (χ0n) is 8.03. The summed E-state index contributed by atoms with van der Waals surface area (Å²) < 4.78 is 5.09. The number of nitrogens with zero attached hydrogens (tertiary/aromatic N) is 1. The molecule has 0 unspecified atom stereocenters. The summed E-state index contributed by atoms with van der Waals surface area (Å²) in [7, 11) is 0. The van der Waals surface area contributed by atoms with E-state index in [0.29, 0.717) is 11.6 Å². The molecule has 0 spiro atoms. The number of nitrogen functional groups attached to an aromatic ring is 1. The van der Waals surface area contributed by atoms with Gasteiger partial charge in [0.1, 0.15) is 0 Å². The maximum atomic E-state index is 11.8. The molecule has 0 saturated carbocycles. The lowest BCUT2D eigenvalue weighted by Gasteiger charge is -2.25. The third kappa shape index (κ3) is 1.73. The number of rotatable bonds is 1. The zero-order valence-corrected chi connectivity index (χ0v) is 8.03. The number of carbonyl (C=O) groups is 1. The fraction of sp³-hybridized carbons (Fsp3) is 0.500. The van der Waals surface area contributed by atoms with Crippen molar-refractivity contribution in [3.05, 3.63) is 17.9 Å². The van der Waals surface area contributed by atoms with E-state index in [0.717, 1.165) is 25.9 Å². The minimum absolute atomic E-state index is 0.0404. The lowest BCUT2D eigenvalue weighted by atomic mass is 10.1. The van der Waals surface area contributed by atoms with Gasteiger partial charge in [0.15, 0.2) is 11.6 Å². The number of carbonyl (C=O) groups excluding carboxylic acids is 1. The molecule has 4 heteroatoms. The number of anilines is 1. The van der Waals surface area contributed by atoms with Crippen molar-refractivity contribution >= 4 is 11.8 Å². The largest absolute Gasteiger partial charge is 0.436 e. The van der Waals surface area contributed by atoms with Gasteiger partial charge in [0.05, 0.1) is 0 Å². The fourth-order valence-electron chi connectivity index (χ4n) is 1.72. The average Bonchev–Trinajstić information content (AvgIpc) is 2.65. The number of nitrogens with two attached hydrogens (primary N) is 1. The predicted octanol–water partition coefficient (Wildman–Crippen LogP) is 1.49. The van der Waals surface area contributed by atoms with Gasteiger partial charge in [0.2, 0.25) is 0 Å². The molecule has 76 valence electrons. The maximum Gasteiger partial charge on any atom is 0.289 e. The van der Waals surface area contributed by atoms with E-state index in [1.165, 1.54) is 6.42 Å². The van der Waals surface area contributed by atoms with E-state index in [9.17, 15) is 4.79 Å². The van der Waals surface area contributed by atoms with Crippen LogP contribution in [-0.2, 0) is 0 Å². The van der Waals surface area contributed by atoms with Crippen LogP contribution in [0.2, 0.25) is 0 Å². The minimum atomic E-state index is -0.0404. The molecule has 2 N–H and O–H groups in total. The molecule has 0 aliphatic carbocycles. The van der Waals surface area contributed by atoms with Gasteiger partial charge in [-0.15, -0.1) is 0 Å². The van der Waals surface area contributed by atoms with Crippen molar-refractivity contribution < 1.29 is 9.21 Å². The number of hydrogen-bond donors (Lipinski definition) is 1. The average molecular weight is 194 g/mol. The van der Waals surface area contributed by atoms with Gasteiger partial charge in [0, 0.05) is 19.2 Å². The minimum Gasteiger partial charge on any atom is -0.436 e. The van der Waals surface area contributed by atoms with E-state index in [2.05, 4.69) is 0 Å². The SMILES string of the molecule is Nc1ccc(C(=O)N2CCCCC2)o1. The number of furan rings is 1. The van der Waals surface area contributed by atoms with Crippen LogP contribution < -0.4 is 5.73 Å². The molecule has 1 saturated heterocycles. The standard InChI is InChI=1S/C10H14N2O2/c11-9-5-4-8(14-9)10(13)12-6-2-1-3-7-12/h4-5H,1-3,6-7,11H2. The van der Waals surface area contributed by atoms with Gasteiger partial charge in [-0.25, -0.2) is 0 Å². The molecule has 1 aliphatic heterocycles. The monoisotopic (exact) mass is 194 g/mol. The Bertz CT molecular complexity index is 327. The lowest BCUT2D eigenvalue weighted by Crippen LogP contribution is -2.35. The summed E-state index contributed by atoms with van der Waals surface area (Å²) in [4.78, 5) is 13.6. The Balaban J connectivity index is 2.07. The molecule has 0 bridgehead atoms. The molecule has 1 aromatic heterocycles. The van der Waals surface area contributed by atoms with Gasteiger partial charge in [-0.2, -0.15) is 0 Å². The highest BCUT2D eigenvalue weighted by Gasteiger charge is 2.20. The molecule has 1 aromatic rings. The van der Waals surface area contributed by atoms with Crippen LogP contribution in [-0.4, -0.2) is 23.9 Å². The first-order chi connectivity index (χ1) is 6.77. The topological polar surface area (TPSA) is 59.5 Å². The summed E-state index contributed by atoms with van der Waals surface area (Å²) in [6.45, 7) is 1.67. The number of amides is 1. The van der Waals surface area contributed by atoms with E-state index in [-0.39, 0.29) is 5.91 Å². The first-order valence-corrected chi connectivity index (χ1v) is 4.92. The Morgan fingerprint density at radius 3 is 2.57 bits per heavy atom. The van der Waals surface area contributed by atoms with Crippen molar-refractivity contribution in [2.24, 2.45) is 0 Å². The number of piperidine rings is 1. The summed E-state index contributed by atoms with van der Waals surface area (Å²) in [5, 5.41) is 0. The number of hydrogen-bond acceptors (Lipinski definition) is 3.